The highest BCUT2D eigenvalue weighted by Crippen LogP contribution is 2.34. The zero-order chi connectivity index (χ0) is 18.3. The van der Waals surface area contributed by atoms with Crippen LogP contribution in [0.3, 0.4) is 0 Å². The summed E-state index contributed by atoms with van der Waals surface area (Å²) in [7, 11) is 0. The Labute approximate surface area is 146 Å². The summed E-state index contributed by atoms with van der Waals surface area (Å²) in [6.45, 7) is 7.22. The summed E-state index contributed by atoms with van der Waals surface area (Å²) < 4.78 is 2.03. The number of nitrogens with zero attached hydrogens (tertiary/aromatic N) is 2. The molecule has 1 heterocycles. The number of carbonyl (C=O) groups is 1. The van der Waals surface area contributed by atoms with Crippen LogP contribution >= 0.6 is 0 Å². The molecule has 3 aromatic rings. The van der Waals surface area contributed by atoms with Gasteiger partial charge in [0.2, 0.25) is 0 Å². The van der Waals surface area contributed by atoms with Crippen molar-refractivity contribution in [3.8, 4) is 11.4 Å². The molecule has 0 amide bonds. The average molecular weight is 335 g/mol. The normalized spacial score (nSPS) is 11.9. The van der Waals surface area contributed by atoms with Crippen molar-refractivity contribution in [1.82, 2.24) is 4.57 Å². The minimum Gasteiger partial charge on any atom is -0.507 e. The van der Waals surface area contributed by atoms with Crippen molar-refractivity contribution >= 4 is 22.4 Å². The Balaban J connectivity index is 2.44. The molecule has 0 unspecified atom stereocenters. The average Bonchev–Trinajstić information content (AvgIpc) is 2.85. The minimum absolute atomic E-state index is 0.0373. The van der Waals surface area contributed by atoms with Crippen LogP contribution in [-0.2, 0) is 0 Å². The van der Waals surface area contributed by atoms with Crippen LogP contribution in [-0.4, -0.2) is 21.2 Å². The number of aromatic hydroxyl groups is 1. The second-order valence-corrected chi connectivity index (χ2v) is 6.29. The number of ketones is 1. The van der Waals surface area contributed by atoms with Crippen LogP contribution in [0.15, 0.2) is 41.5 Å². The number of aryl methyl sites for hydroxylation is 1. The second kappa shape index (κ2) is 6.09. The number of hydrogen-bond donors (Lipinski definition) is 2. The van der Waals surface area contributed by atoms with Gasteiger partial charge in [-0.2, -0.15) is 5.10 Å². The smallest absolute Gasteiger partial charge is 0.162 e. The van der Waals surface area contributed by atoms with E-state index in [1.54, 1.807) is 19.9 Å². The topological polar surface area (TPSA) is 80.6 Å². The Hall–Kier alpha value is -3.08. The standard InChI is InChI=1S/C20H21N3O2/c1-11-5-7-15(8-6-11)23-13(3)20(14(4)24)17-10-19(25)16(9-18(17)23)12(2)22-21/h5-10,25H,21H2,1-4H3/b22-12+. The number of hydrazone groups is 1. The van der Waals surface area contributed by atoms with E-state index in [2.05, 4.69) is 5.10 Å². The van der Waals surface area contributed by atoms with E-state index >= 15 is 0 Å². The first-order chi connectivity index (χ1) is 11.8. The fourth-order valence-corrected chi connectivity index (χ4v) is 3.28. The van der Waals surface area contributed by atoms with Crippen molar-refractivity contribution in [3.05, 3.63) is 58.8 Å². The number of phenols is 1. The molecular weight excluding hydrogens is 314 g/mol. The summed E-state index contributed by atoms with van der Waals surface area (Å²) in [5, 5.41) is 14.8. The highest BCUT2D eigenvalue weighted by molar-refractivity contribution is 6.12. The summed E-state index contributed by atoms with van der Waals surface area (Å²) in [4.78, 5) is 12.2. The first-order valence-electron chi connectivity index (χ1n) is 8.06. The van der Waals surface area contributed by atoms with Gasteiger partial charge in [-0.25, -0.2) is 0 Å². The summed E-state index contributed by atoms with van der Waals surface area (Å²) in [6.07, 6.45) is 0. The van der Waals surface area contributed by atoms with Crippen molar-refractivity contribution in [3.63, 3.8) is 0 Å². The number of phenolic OH excluding ortho intramolecular Hbond substituents is 1. The van der Waals surface area contributed by atoms with E-state index in [-0.39, 0.29) is 11.5 Å². The largest absolute Gasteiger partial charge is 0.507 e. The Kier molecular flexibility index (Phi) is 4.08. The number of benzene rings is 2. The monoisotopic (exact) mass is 335 g/mol. The van der Waals surface area contributed by atoms with Crippen LogP contribution in [0, 0.1) is 13.8 Å². The lowest BCUT2D eigenvalue weighted by molar-refractivity contribution is 0.101. The van der Waals surface area contributed by atoms with E-state index in [9.17, 15) is 9.90 Å². The number of Topliss-reactive ketones (excluding diaryl/α,β-unsaturated/α-hetero) is 1. The van der Waals surface area contributed by atoms with Gasteiger partial charge in [0.1, 0.15) is 5.75 Å². The van der Waals surface area contributed by atoms with Gasteiger partial charge in [-0.05, 0) is 52.0 Å². The lowest BCUT2D eigenvalue weighted by atomic mass is 10.0. The molecule has 128 valence electrons. The lowest BCUT2D eigenvalue weighted by Crippen LogP contribution is -2.01. The quantitative estimate of drug-likeness (QED) is 0.330. The minimum atomic E-state index is -0.0373. The highest BCUT2D eigenvalue weighted by Gasteiger charge is 2.21. The molecule has 0 radical (unpaired) electrons. The van der Waals surface area contributed by atoms with Gasteiger partial charge >= 0.3 is 0 Å². The summed E-state index contributed by atoms with van der Waals surface area (Å²) in [5.74, 6) is 5.40. The molecule has 0 saturated carbocycles. The molecule has 0 fully saturated rings. The van der Waals surface area contributed by atoms with Crippen molar-refractivity contribution in [2.45, 2.75) is 27.7 Å². The van der Waals surface area contributed by atoms with Crippen LogP contribution in [0.4, 0.5) is 0 Å². The molecule has 3 N–H and O–H groups in total. The first kappa shape index (κ1) is 16.8. The zero-order valence-corrected chi connectivity index (χ0v) is 14.8. The third-order valence-corrected chi connectivity index (χ3v) is 4.55. The molecule has 5 nitrogen and oxygen atoms in total. The Bertz CT molecular complexity index is 1010. The zero-order valence-electron chi connectivity index (χ0n) is 14.8. The van der Waals surface area contributed by atoms with Gasteiger partial charge in [0, 0.05) is 27.9 Å². The van der Waals surface area contributed by atoms with Gasteiger partial charge < -0.3 is 15.5 Å². The van der Waals surface area contributed by atoms with Gasteiger partial charge in [-0.3, -0.25) is 4.79 Å². The number of fused-ring (bicyclic) bond motifs is 1. The number of aromatic nitrogens is 1. The van der Waals surface area contributed by atoms with E-state index < -0.39 is 0 Å². The molecule has 2 aromatic carbocycles. The van der Waals surface area contributed by atoms with Crippen molar-refractivity contribution < 1.29 is 9.90 Å². The second-order valence-electron chi connectivity index (χ2n) is 6.29. The summed E-state index contributed by atoms with van der Waals surface area (Å²) in [6, 6.07) is 11.5. The Morgan fingerprint density at radius 3 is 2.32 bits per heavy atom. The van der Waals surface area contributed by atoms with E-state index in [0.29, 0.717) is 16.8 Å². The fraction of sp³-hybridized carbons (Fsp3) is 0.200. The Morgan fingerprint density at radius 1 is 1.12 bits per heavy atom. The van der Waals surface area contributed by atoms with Crippen LogP contribution in [0.2, 0.25) is 0 Å². The van der Waals surface area contributed by atoms with Crippen molar-refractivity contribution in [1.29, 1.82) is 0 Å². The van der Waals surface area contributed by atoms with Gasteiger partial charge in [0.05, 0.1) is 11.2 Å². The molecular formula is C20H21N3O2. The van der Waals surface area contributed by atoms with E-state index in [1.165, 1.54) is 0 Å². The highest BCUT2D eigenvalue weighted by atomic mass is 16.3. The number of hydrogen-bond acceptors (Lipinski definition) is 4. The van der Waals surface area contributed by atoms with Gasteiger partial charge in [0.25, 0.3) is 0 Å². The number of rotatable bonds is 3. The molecule has 3 rings (SSSR count). The maximum atomic E-state index is 12.2. The van der Waals surface area contributed by atoms with Gasteiger partial charge in [-0.1, -0.05) is 17.7 Å². The number of nitrogens with two attached hydrogens (primary N) is 1. The van der Waals surface area contributed by atoms with E-state index in [4.69, 9.17) is 5.84 Å². The molecule has 0 spiro atoms. The fourth-order valence-electron chi connectivity index (χ4n) is 3.28. The molecule has 0 aliphatic heterocycles. The van der Waals surface area contributed by atoms with Crippen LogP contribution in [0.25, 0.3) is 16.6 Å². The first-order valence-corrected chi connectivity index (χ1v) is 8.06. The van der Waals surface area contributed by atoms with Crippen LogP contribution in [0.5, 0.6) is 5.75 Å². The number of carbonyl (C=O) groups excluding carboxylic acids is 1. The van der Waals surface area contributed by atoms with Crippen LogP contribution < -0.4 is 5.84 Å². The van der Waals surface area contributed by atoms with E-state index in [0.717, 1.165) is 27.8 Å². The summed E-state index contributed by atoms with van der Waals surface area (Å²) in [5.41, 5.74) is 5.48. The SMILES string of the molecule is CC(=O)c1c(C)n(-c2ccc(C)cc2)c2cc(/C(C)=N/N)c(O)cc12. The third kappa shape index (κ3) is 2.67. The Morgan fingerprint density at radius 2 is 1.76 bits per heavy atom. The van der Waals surface area contributed by atoms with E-state index in [1.807, 2.05) is 48.7 Å². The summed E-state index contributed by atoms with van der Waals surface area (Å²) >= 11 is 0. The predicted octanol–water partition coefficient (Wildman–Crippen LogP) is 3.84. The predicted molar refractivity (Wildman–Crippen MR) is 101 cm³/mol. The maximum absolute atomic E-state index is 12.2. The molecule has 0 atom stereocenters. The molecule has 1 aromatic heterocycles. The third-order valence-electron chi connectivity index (χ3n) is 4.55. The molecule has 0 aliphatic rings. The molecule has 25 heavy (non-hydrogen) atoms. The molecule has 0 aliphatic carbocycles. The molecule has 0 bridgehead atoms. The molecule has 5 heteroatoms. The molecule has 0 saturated heterocycles. The van der Waals surface area contributed by atoms with Gasteiger partial charge in [-0.15, -0.1) is 0 Å². The maximum Gasteiger partial charge on any atom is 0.162 e. The van der Waals surface area contributed by atoms with Crippen molar-refractivity contribution in [2.24, 2.45) is 10.9 Å². The lowest BCUT2D eigenvalue weighted by Gasteiger charge is -2.10. The van der Waals surface area contributed by atoms with Crippen LogP contribution in [0.1, 0.15) is 41.0 Å². The van der Waals surface area contributed by atoms with Crippen molar-refractivity contribution in [2.75, 3.05) is 0 Å². The van der Waals surface area contributed by atoms with Gasteiger partial charge in [0.15, 0.2) is 5.78 Å².